The predicted octanol–water partition coefficient (Wildman–Crippen LogP) is 4.24. The summed E-state index contributed by atoms with van der Waals surface area (Å²) in [5.41, 5.74) is 1.84. The fourth-order valence-corrected chi connectivity index (χ4v) is 2.04. The Morgan fingerprint density at radius 2 is 1.57 bits per heavy atom. The quantitative estimate of drug-likeness (QED) is 0.785. The van der Waals surface area contributed by atoms with Crippen LogP contribution < -0.4 is 5.32 Å². The molecule has 3 aromatic rings. The van der Waals surface area contributed by atoms with Crippen LogP contribution in [0.2, 0.25) is 5.02 Å². The summed E-state index contributed by atoms with van der Waals surface area (Å²) in [6.07, 6.45) is 0. The molecule has 0 fully saturated rings. The zero-order chi connectivity index (χ0) is 14.7. The largest absolute Gasteiger partial charge is 0.324 e. The van der Waals surface area contributed by atoms with Gasteiger partial charge in [-0.1, -0.05) is 41.9 Å². The number of aromatic nitrogens is 3. The first-order valence-electron chi connectivity index (χ1n) is 6.51. The smallest absolute Gasteiger partial charge is 0.231 e. The molecule has 5 heteroatoms. The van der Waals surface area contributed by atoms with Crippen LogP contribution in [0.15, 0.2) is 54.6 Å². The van der Waals surface area contributed by atoms with E-state index in [2.05, 4.69) is 20.3 Å². The van der Waals surface area contributed by atoms with Crippen LogP contribution in [0.3, 0.4) is 0 Å². The van der Waals surface area contributed by atoms with Gasteiger partial charge in [0.25, 0.3) is 0 Å². The van der Waals surface area contributed by atoms with Gasteiger partial charge in [-0.3, -0.25) is 0 Å². The van der Waals surface area contributed by atoms with Crippen LogP contribution >= 0.6 is 11.6 Å². The molecule has 0 saturated carbocycles. The number of benzene rings is 2. The van der Waals surface area contributed by atoms with Crippen LogP contribution in [0.5, 0.6) is 0 Å². The maximum atomic E-state index is 5.88. The molecule has 3 rings (SSSR count). The number of rotatable bonds is 3. The third-order valence-corrected chi connectivity index (χ3v) is 3.13. The molecule has 2 aromatic carbocycles. The van der Waals surface area contributed by atoms with Gasteiger partial charge in [-0.05, 0) is 31.2 Å². The van der Waals surface area contributed by atoms with E-state index in [9.17, 15) is 0 Å². The van der Waals surface area contributed by atoms with Crippen molar-refractivity contribution in [3.05, 3.63) is 65.4 Å². The molecular formula is C16H13ClN4. The summed E-state index contributed by atoms with van der Waals surface area (Å²) in [6.45, 7) is 1.85. The fraction of sp³-hybridized carbons (Fsp3) is 0.0625. The number of nitrogens with zero attached hydrogens (tertiary/aromatic N) is 3. The van der Waals surface area contributed by atoms with Gasteiger partial charge in [-0.25, -0.2) is 4.98 Å². The zero-order valence-electron chi connectivity index (χ0n) is 11.4. The van der Waals surface area contributed by atoms with Gasteiger partial charge in [-0.15, -0.1) is 0 Å². The zero-order valence-corrected chi connectivity index (χ0v) is 12.2. The van der Waals surface area contributed by atoms with Crippen molar-refractivity contribution in [2.24, 2.45) is 0 Å². The SMILES string of the molecule is Cc1nc(Nc2ccc(Cl)cc2)nc(-c2ccccc2)n1. The molecule has 0 aliphatic carbocycles. The molecule has 1 N–H and O–H groups in total. The van der Waals surface area contributed by atoms with Crippen LogP contribution in [0.1, 0.15) is 5.82 Å². The minimum Gasteiger partial charge on any atom is -0.324 e. The Morgan fingerprint density at radius 1 is 0.857 bits per heavy atom. The molecule has 0 radical (unpaired) electrons. The average Bonchev–Trinajstić information content (AvgIpc) is 2.50. The molecule has 104 valence electrons. The van der Waals surface area contributed by atoms with Crippen molar-refractivity contribution in [1.82, 2.24) is 15.0 Å². The van der Waals surface area contributed by atoms with Crippen molar-refractivity contribution in [3.8, 4) is 11.4 Å². The normalized spacial score (nSPS) is 10.4. The highest BCUT2D eigenvalue weighted by molar-refractivity contribution is 6.30. The van der Waals surface area contributed by atoms with E-state index in [1.54, 1.807) is 0 Å². The number of anilines is 2. The molecule has 0 aliphatic rings. The van der Waals surface area contributed by atoms with E-state index >= 15 is 0 Å². The van der Waals surface area contributed by atoms with E-state index in [4.69, 9.17) is 11.6 Å². The average molecular weight is 297 g/mol. The number of hydrogen-bond donors (Lipinski definition) is 1. The van der Waals surface area contributed by atoms with Gasteiger partial charge in [0.05, 0.1) is 0 Å². The summed E-state index contributed by atoms with van der Waals surface area (Å²) in [7, 11) is 0. The molecule has 0 unspecified atom stereocenters. The Kier molecular flexibility index (Phi) is 3.79. The minimum absolute atomic E-state index is 0.517. The molecule has 0 spiro atoms. The summed E-state index contributed by atoms with van der Waals surface area (Å²) in [5, 5.41) is 3.85. The lowest BCUT2D eigenvalue weighted by atomic mass is 10.2. The maximum Gasteiger partial charge on any atom is 0.231 e. The first-order valence-corrected chi connectivity index (χ1v) is 6.89. The highest BCUT2D eigenvalue weighted by Gasteiger charge is 2.06. The number of halogens is 1. The summed E-state index contributed by atoms with van der Waals surface area (Å²) >= 11 is 5.88. The number of hydrogen-bond acceptors (Lipinski definition) is 4. The lowest BCUT2D eigenvalue weighted by Gasteiger charge is -2.07. The van der Waals surface area contributed by atoms with Gasteiger partial charge in [0.1, 0.15) is 5.82 Å². The minimum atomic E-state index is 0.517. The van der Waals surface area contributed by atoms with Crippen LogP contribution in [-0.4, -0.2) is 15.0 Å². The van der Waals surface area contributed by atoms with Gasteiger partial charge in [-0.2, -0.15) is 9.97 Å². The van der Waals surface area contributed by atoms with Crippen LogP contribution in [0.25, 0.3) is 11.4 Å². The molecule has 0 atom stereocenters. The lowest BCUT2D eigenvalue weighted by Crippen LogP contribution is -2.02. The van der Waals surface area contributed by atoms with Crippen molar-refractivity contribution in [2.45, 2.75) is 6.92 Å². The number of nitrogens with one attached hydrogen (secondary N) is 1. The van der Waals surface area contributed by atoms with E-state index in [-0.39, 0.29) is 0 Å². The Bertz CT molecular complexity index is 742. The molecule has 1 heterocycles. The van der Waals surface area contributed by atoms with Crippen molar-refractivity contribution >= 4 is 23.2 Å². The molecule has 21 heavy (non-hydrogen) atoms. The van der Waals surface area contributed by atoms with Gasteiger partial charge in [0.2, 0.25) is 5.95 Å². The number of aryl methyl sites for hydroxylation is 1. The first kappa shape index (κ1) is 13.5. The van der Waals surface area contributed by atoms with Gasteiger partial charge in [0.15, 0.2) is 5.82 Å². The predicted molar refractivity (Wildman–Crippen MR) is 84.7 cm³/mol. The van der Waals surface area contributed by atoms with Gasteiger partial charge in [0, 0.05) is 16.3 Å². The van der Waals surface area contributed by atoms with E-state index in [0.717, 1.165) is 11.3 Å². The van der Waals surface area contributed by atoms with E-state index in [1.807, 2.05) is 61.5 Å². The lowest BCUT2D eigenvalue weighted by molar-refractivity contribution is 0.990. The van der Waals surface area contributed by atoms with E-state index in [1.165, 1.54) is 0 Å². The Hall–Kier alpha value is -2.46. The van der Waals surface area contributed by atoms with Crippen molar-refractivity contribution in [2.75, 3.05) is 5.32 Å². The second kappa shape index (κ2) is 5.89. The van der Waals surface area contributed by atoms with E-state index in [0.29, 0.717) is 22.6 Å². The molecule has 1 aromatic heterocycles. The molecule has 0 aliphatic heterocycles. The maximum absolute atomic E-state index is 5.88. The Labute approximate surface area is 127 Å². The van der Waals surface area contributed by atoms with Crippen molar-refractivity contribution in [1.29, 1.82) is 0 Å². The molecule has 0 bridgehead atoms. The van der Waals surface area contributed by atoms with E-state index < -0.39 is 0 Å². The standard InChI is InChI=1S/C16H13ClN4/c1-11-18-15(12-5-3-2-4-6-12)21-16(19-11)20-14-9-7-13(17)8-10-14/h2-10H,1H3,(H,18,19,20,21). The van der Waals surface area contributed by atoms with Crippen LogP contribution in [0.4, 0.5) is 11.6 Å². The van der Waals surface area contributed by atoms with Crippen LogP contribution in [-0.2, 0) is 0 Å². The molecular weight excluding hydrogens is 284 g/mol. The summed E-state index contributed by atoms with van der Waals surface area (Å²) in [6, 6.07) is 17.2. The highest BCUT2D eigenvalue weighted by atomic mass is 35.5. The monoisotopic (exact) mass is 296 g/mol. The second-order valence-corrected chi connectivity index (χ2v) is 4.96. The topological polar surface area (TPSA) is 50.7 Å². The van der Waals surface area contributed by atoms with Gasteiger partial charge >= 0.3 is 0 Å². The molecule has 0 amide bonds. The van der Waals surface area contributed by atoms with Crippen molar-refractivity contribution in [3.63, 3.8) is 0 Å². The van der Waals surface area contributed by atoms with Crippen LogP contribution in [0, 0.1) is 6.92 Å². The highest BCUT2D eigenvalue weighted by Crippen LogP contribution is 2.19. The third kappa shape index (κ3) is 3.35. The van der Waals surface area contributed by atoms with Gasteiger partial charge < -0.3 is 5.32 Å². The Morgan fingerprint density at radius 3 is 2.29 bits per heavy atom. The first-order chi connectivity index (χ1) is 10.2. The summed E-state index contributed by atoms with van der Waals surface area (Å²) < 4.78 is 0. The second-order valence-electron chi connectivity index (χ2n) is 4.53. The third-order valence-electron chi connectivity index (χ3n) is 2.88. The summed E-state index contributed by atoms with van der Waals surface area (Å²) in [4.78, 5) is 13.1. The molecule has 0 saturated heterocycles. The fourth-order valence-electron chi connectivity index (χ4n) is 1.92. The summed E-state index contributed by atoms with van der Waals surface area (Å²) in [5.74, 6) is 1.84. The van der Waals surface area contributed by atoms with Crippen molar-refractivity contribution < 1.29 is 0 Å². The Balaban J connectivity index is 1.93. The molecule has 4 nitrogen and oxygen atoms in total.